The number of halogens is 1. The van der Waals surface area contributed by atoms with Crippen molar-refractivity contribution in [2.45, 2.75) is 39.2 Å². The van der Waals surface area contributed by atoms with Crippen molar-refractivity contribution < 1.29 is 9.90 Å². The molecule has 0 saturated carbocycles. The first-order chi connectivity index (χ1) is 6.93. The van der Waals surface area contributed by atoms with Crippen molar-refractivity contribution in [3.8, 4) is 0 Å². The van der Waals surface area contributed by atoms with Crippen LogP contribution in [-0.4, -0.2) is 20.9 Å². The topological polar surface area (TPSA) is 55.1 Å². The van der Waals surface area contributed by atoms with Gasteiger partial charge in [0.25, 0.3) is 0 Å². The first-order valence-corrected chi connectivity index (χ1v) is 5.67. The molecule has 0 amide bonds. The highest BCUT2D eigenvalue weighted by Crippen LogP contribution is 2.28. The van der Waals surface area contributed by atoms with Gasteiger partial charge < -0.3 is 5.11 Å². The lowest BCUT2D eigenvalue weighted by Crippen LogP contribution is -2.05. The minimum atomic E-state index is -0.785. The van der Waals surface area contributed by atoms with Crippen LogP contribution in [0, 0.1) is 0 Å². The van der Waals surface area contributed by atoms with Gasteiger partial charge in [-0.15, -0.1) is 0 Å². The number of hydrogen-bond donors (Lipinski definition) is 1. The second-order valence-electron chi connectivity index (χ2n) is 3.93. The number of rotatable bonds is 4. The van der Waals surface area contributed by atoms with Gasteiger partial charge in [-0.25, -0.2) is 0 Å². The molecule has 0 fully saturated rings. The van der Waals surface area contributed by atoms with Gasteiger partial charge in [0.05, 0.1) is 12.6 Å². The zero-order valence-electron chi connectivity index (χ0n) is 9.07. The molecule has 0 bridgehead atoms. The Labute approximate surface area is 97.4 Å². The van der Waals surface area contributed by atoms with Crippen LogP contribution < -0.4 is 0 Å². The van der Waals surface area contributed by atoms with Crippen LogP contribution in [0.5, 0.6) is 0 Å². The third kappa shape index (κ3) is 2.81. The molecule has 84 valence electrons. The Bertz CT molecular complexity index is 360. The van der Waals surface area contributed by atoms with Crippen LogP contribution in [0.15, 0.2) is 10.8 Å². The predicted octanol–water partition coefficient (Wildman–Crippen LogP) is 2.80. The lowest BCUT2D eigenvalue weighted by atomic mass is 10.0. The molecule has 0 aliphatic carbocycles. The standard InChI is InChI=1S/C10H15BrN2O2/c1-6(2)13-10(11)8(5-12-13)7(3)4-9(14)15/h5-7H,4H2,1-3H3,(H,14,15). The van der Waals surface area contributed by atoms with Crippen molar-refractivity contribution >= 4 is 21.9 Å². The van der Waals surface area contributed by atoms with Crippen LogP contribution in [0.25, 0.3) is 0 Å². The summed E-state index contributed by atoms with van der Waals surface area (Å²) < 4.78 is 2.72. The van der Waals surface area contributed by atoms with E-state index in [0.29, 0.717) is 0 Å². The maximum atomic E-state index is 10.6. The van der Waals surface area contributed by atoms with Gasteiger partial charge in [0.2, 0.25) is 0 Å². The molecular formula is C10H15BrN2O2. The Morgan fingerprint density at radius 1 is 1.60 bits per heavy atom. The zero-order chi connectivity index (χ0) is 11.6. The highest BCUT2D eigenvalue weighted by atomic mass is 79.9. The van der Waals surface area contributed by atoms with Crippen LogP contribution in [-0.2, 0) is 4.79 Å². The van der Waals surface area contributed by atoms with Gasteiger partial charge in [0.1, 0.15) is 4.60 Å². The molecule has 0 saturated heterocycles. The molecular weight excluding hydrogens is 260 g/mol. The van der Waals surface area contributed by atoms with E-state index in [9.17, 15) is 4.79 Å². The summed E-state index contributed by atoms with van der Waals surface area (Å²) in [4.78, 5) is 10.6. The van der Waals surface area contributed by atoms with E-state index in [2.05, 4.69) is 21.0 Å². The molecule has 4 nitrogen and oxygen atoms in total. The monoisotopic (exact) mass is 274 g/mol. The van der Waals surface area contributed by atoms with Gasteiger partial charge >= 0.3 is 5.97 Å². The smallest absolute Gasteiger partial charge is 0.303 e. The fourth-order valence-corrected chi connectivity index (χ4v) is 2.42. The predicted molar refractivity (Wildman–Crippen MR) is 61.0 cm³/mol. The van der Waals surface area contributed by atoms with Gasteiger partial charge in [0, 0.05) is 11.6 Å². The molecule has 1 rings (SSSR count). The van der Waals surface area contributed by atoms with Crippen LogP contribution in [0.2, 0.25) is 0 Å². The van der Waals surface area contributed by atoms with E-state index in [1.807, 2.05) is 25.5 Å². The molecule has 1 aromatic rings. The number of hydrogen-bond acceptors (Lipinski definition) is 2. The highest BCUT2D eigenvalue weighted by Gasteiger charge is 2.17. The van der Waals surface area contributed by atoms with Gasteiger partial charge in [-0.3, -0.25) is 9.48 Å². The summed E-state index contributed by atoms with van der Waals surface area (Å²) in [7, 11) is 0. The van der Waals surface area contributed by atoms with Gasteiger partial charge in [-0.2, -0.15) is 5.10 Å². The van der Waals surface area contributed by atoms with Crippen LogP contribution in [0.1, 0.15) is 44.7 Å². The Kier molecular flexibility index (Phi) is 3.90. The first kappa shape index (κ1) is 12.2. The molecule has 1 aromatic heterocycles. The number of carboxylic acids is 1. The second-order valence-corrected chi connectivity index (χ2v) is 4.68. The molecule has 1 unspecified atom stereocenters. The summed E-state index contributed by atoms with van der Waals surface area (Å²) in [6, 6.07) is 0.269. The van der Waals surface area contributed by atoms with Gasteiger partial charge in [-0.05, 0) is 35.7 Å². The van der Waals surface area contributed by atoms with Crippen LogP contribution in [0.3, 0.4) is 0 Å². The van der Waals surface area contributed by atoms with Crippen molar-refractivity contribution in [1.29, 1.82) is 0 Å². The Morgan fingerprint density at radius 3 is 2.60 bits per heavy atom. The maximum absolute atomic E-state index is 10.6. The van der Waals surface area contributed by atoms with E-state index in [0.717, 1.165) is 10.2 Å². The third-order valence-electron chi connectivity index (χ3n) is 2.26. The zero-order valence-corrected chi connectivity index (χ0v) is 10.7. The number of aromatic nitrogens is 2. The molecule has 0 radical (unpaired) electrons. The Balaban J connectivity index is 2.91. The van der Waals surface area contributed by atoms with Crippen molar-refractivity contribution in [3.05, 3.63) is 16.4 Å². The van der Waals surface area contributed by atoms with E-state index < -0.39 is 5.97 Å². The number of nitrogens with zero attached hydrogens (tertiary/aromatic N) is 2. The minimum absolute atomic E-state index is 0.0237. The second kappa shape index (κ2) is 4.79. The molecule has 1 N–H and O–H groups in total. The fraction of sp³-hybridized carbons (Fsp3) is 0.600. The lowest BCUT2D eigenvalue weighted by Gasteiger charge is -2.10. The van der Waals surface area contributed by atoms with E-state index in [1.54, 1.807) is 6.20 Å². The normalized spacial score (nSPS) is 13.1. The third-order valence-corrected chi connectivity index (χ3v) is 3.08. The summed E-state index contributed by atoms with van der Waals surface area (Å²) in [5, 5.41) is 12.9. The highest BCUT2D eigenvalue weighted by molar-refractivity contribution is 9.10. The summed E-state index contributed by atoms with van der Waals surface area (Å²) >= 11 is 3.45. The first-order valence-electron chi connectivity index (χ1n) is 4.88. The van der Waals surface area contributed by atoms with Crippen LogP contribution >= 0.6 is 15.9 Å². The van der Waals surface area contributed by atoms with Crippen molar-refractivity contribution in [2.75, 3.05) is 0 Å². The molecule has 0 aromatic carbocycles. The summed E-state index contributed by atoms with van der Waals surface area (Å²) in [6.07, 6.45) is 1.86. The maximum Gasteiger partial charge on any atom is 0.303 e. The SMILES string of the molecule is CC(CC(=O)O)c1cnn(C(C)C)c1Br. The number of carbonyl (C=O) groups is 1. The minimum Gasteiger partial charge on any atom is -0.481 e. The lowest BCUT2D eigenvalue weighted by molar-refractivity contribution is -0.137. The molecule has 15 heavy (non-hydrogen) atoms. The number of aliphatic carboxylic acids is 1. The molecule has 1 heterocycles. The van der Waals surface area contributed by atoms with Crippen molar-refractivity contribution in [1.82, 2.24) is 9.78 Å². The van der Waals surface area contributed by atoms with E-state index in [4.69, 9.17) is 5.11 Å². The van der Waals surface area contributed by atoms with Gasteiger partial charge in [-0.1, -0.05) is 6.92 Å². The molecule has 1 atom stereocenters. The summed E-state index contributed by atoms with van der Waals surface area (Å²) in [5.74, 6) is -0.809. The van der Waals surface area contributed by atoms with E-state index in [-0.39, 0.29) is 18.4 Å². The van der Waals surface area contributed by atoms with Crippen molar-refractivity contribution in [2.24, 2.45) is 0 Å². The fourth-order valence-electron chi connectivity index (χ4n) is 1.42. The Hall–Kier alpha value is -0.840. The average molecular weight is 275 g/mol. The summed E-state index contributed by atoms with van der Waals surface area (Å²) in [5.41, 5.74) is 0.950. The van der Waals surface area contributed by atoms with E-state index >= 15 is 0 Å². The quantitative estimate of drug-likeness (QED) is 0.919. The largest absolute Gasteiger partial charge is 0.481 e. The van der Waals surface area contributed by atoms with Crippen molar-refractivity contribution in [3.63, 3.8) is 0 Å². The van der Waals surface area contributed by atoms with E-state index in [1.165, 1.54) is 0 Å². The molecule has 5 heteroatoms. The van der Waals surface area contributed by atoms with Gasteiger partial charge in [0.15, 0.2) is 0 Å². The number of carboxylic acid groups (broad SMARTS) is 1. The summed E-state index contributed by atoms with van der Waals surface area (Å²) in [6.45, 7) is 5.95. The molecule has 0 aliphatic heterocycles. The Morgan fingerprint density at radius 2 is 2.20 bits per heavy atom. The molecule has 0 aliphatic rings. The average Bonchev–Trinajstić information content (AvgIpc) is 2.45. The van der Waals surface area contributed by atoms with Crippen LogP contribution in [0.4, 0.5) is 0 Å². The molecule has 0 spiro atoms.